The number of hydrogen-bond acceptors (Lipinski definition) is 5. The topological polar surface area (TPSA) is 95.9 Å². The van der Waals surface area contributed by atoms with Gasteiger partial charge in [0.15, 0.2) is 0 Å². The van der Waals surface area contributed by atoms with Crippen LogP contribution < -0.4 is 5.32 Å². The molecule has 0 saturated heterocycles. The third-order valence-corrected chi connectivity index (χ3v) is 18.0. The summed E-state index contributed by atoms with van der Waals surface area (Å²) in [6.07, 6.45) is 92.5. The van der Waals surface area contributed by atoms with Gasteiger partial charge in [-0.3, -0.25) is 9.59 Å². The Morgan fingerprint density at radius 1 is 0.325 bits per heavy atom. The first-order valence-corrected chi connectivity index (χ1v) is 38.1. The van der Waals surface area contributed by atoms with Gasteiger partial charge >= 0.3 is 5.97 Å². The smallest absolute Gasteiger partial charge is 0.305 e. The lowest BCUT2D eigenvalue weighted by atomic mass is 10.0. The summed E-state index contributed by atoms with van der Waals surface area (Å²) in [4.78, 5) is 24.6. The Labute approximate surface area is 520 Å². The number of esters is 1. The molecule has 1 amide bonds. The van der Waals surface area contributed by atoms with E-state index in [-0.39, 0.29) is 18.5 Å². The molecule has 0 aromatic rings. The lowest BCUT2D eigenvalue weighted by Gasteiger charge is -2.22. The molecule has 3 N–H and O–H groups in total. The van der Waals surface area contributed by atoms with Crippen molar-refractivity contribution in [2.45, 2.75) is 443 Å². The molecule has 0 rings (SSSR count). The van der Waals surface area contributed by atoms with Crippen molar-refractivity contribution in [2.24, 2.45) is 0 Å². The standard InChI is InChI=1S/C77H149NO5/c1-3-5-7-9-11-13-15-17-19-20-21-32-35-38-42-45-49-53-57-61-65-69-75(80)74(73-79)78-76(81)70-66-62-58-54-50-46-43-39-36-33-30-28-26-24-22-23-25-27-29-31-34-37-40-44-48-52-56-60-64-68-72-83-77(82)71-67-63-59-55-51-47-41-18-16-14-12-10-8-6-4-2/h18,23,25,41,74-75,79-80H,3-17,19-22,24,26-40,42-73H2,1-2H3,(H,78,81)/b25-23-,41-18-. The number of carbonyl (C=O) groups is 2. The Hall–Kier alpha value is -1.66. The fraction of sp³-hybridized carbons (Fsp3) is 0.922. The van der Waals surface area contributed by atoms with Gasteiger partial charge in [0, 0.05) is 12.8 Å². The van der Waals surface area contributed by atoms with Gasteiger partial charge in [-0.25, -0.2) is 0 Å². The Bertz CT molecular complexity index is 1300. The van der Waals surface area contributed by atoms with Crippen molar-refractivity contribution in [1.82, 2.24) is 5.32 Å². The number of rotatable bonds is 72. The first-order valence-electron chi connectivity index (χ1n) is 38.1. The van der Waals surface area contributed by atoms with Gasteiger partial charge in [-0.1, -0.05) is 366 Å². The van der Waals surface area contributed by atoms with Gasteiger partial charge in [-0.15, -0.1) is 0 Å². The molecule has 0 bridgehead atoms. The summed E-state index contributed by atoms with van der Waals surface area (Å²) in [6.45, 7) is 4.99. The molecule has 0 aliphatic rings. The number of carbonyl (C=O) groups excluding carboxylic acids is 2. The molecule has 2 atom stereocenters. The largest absolute Gasteiger partial charge is 0.466 e. The number of hydrogen-bond donors (Lipinski definition) is 3. The average molecular weight is 1170 g/mol. The summed E-state index contributed by atoms with van der Waals surface area (Å²) < 4.78 is 5.49. The van der Waals surface area contributed by atoms with E-state index in [1.165, 1.54) is 353 Å². The molecular formula is C77H149NO5. The summed E-state index contributed by atoms with van der Waals surface area (Å²) >= 11 is 0. The first-order chi connectivity index (χ1) is 41.0. The van der Waals surface area contributed by atoms with Crippen LogP contribution in [0.3, 0.4) is 0 Å². The minimum Gasteiger partial charge on any atom is -0.466 e. The van der Waals surface area contributed by atoms with E-state index >= 15 is 0 Å². The van der Waals surface area contributed by atoms with Gasteiger partial charge in [0.05, 0.1) is 25.4 Å². The van der Waals surface area contributed by atoms with Gasteiger partial charge in [-0.2, -0.15) is 0 Å². The number of aliphatic hydroxyl groups excluding tert-OH is 2. The van der Waals surface area contributed by atoms with Crippen LogP contribution in [0.1, 0.15) is 431 Å². The Kier molecular flexibility index (Phi) is 71.4. The highest BCUT2D eigenvalue weighted by molar-refractivity contribution is 5.76. The summed E-state index contributed by atoms with van der Waals surface area (Å²) in [5.41, 5.74) is 0. The van der Waals surface area contributed by atoms with Crippen molar-refractivity contribution in [2.75, 3.05) is 13.2 Å². The maximum atomic E-state index is 12.6. The number of ether oxygens (including phenoxy) is 1. The number of unbranched alkanes of at least 4 members (excludes halogenated alkanes) is 57. The Morgan fingerprint density at radius 3 is 0.855 bits per heavy atom. The maximum Gasteiger partial charge on any atom is 0.305 e. The van der Waals surface area contributed by atoms with Gasteiger partial charge in [0.2, 0.25) is 5.91 Å². The molecular weight excluding hydrogens is 1020 g/mol. The van der Waals surface area contributed by atoms with E-state index < -0.39 is 12.1 Å². The van der Waals surface area contributed by atoms with Crippen molar-refractivity contribution in [3.63, 3.8) is 0 Å². The molecule has 0 aromatic carbocycles. The lowest BCUT2D eigenvalue weighted by molar-refractivity contribution is -0.143. The zero-order valence-electron chi connectivity index (χ0n) is 56.5. The Morgan fingerprint density at radius 2 is 0.566 bits per heavy atom. The predicted molar refractivity (Wildman–Crippen MR) is 366 cm³/mol. The van der Waals surface area contributed by atoms with E-state index in [1.807, 2.05) is 0 Å². The molecule has 0 fully saturated rings. The highest BCUT2D eigenvalue weighted by Gasteiger charge is 2.20. The third-order valence-electron chi connectivity index (χ3n) is 18.0. The maximum absolute atomic E-state index is 12.6. The van der Waals surface area contributed by atoms with Crippen LogP contribution >= 0.6 is 0 Å². The van der Waals surface area contributed by atoms with E-state index in [0.717, 1.165) is 44.9 Å². The molecule has 2 unspecified atom stereocenters. The average Bonchev–Trinajstić information content (AvgIpc) is 3.49. The van der Waals surface area contributed by atoms with Crippen molar-refractivity contribution >= 4 is 11.9 Å². The number of amides is 1. The molecule has 0 aromatic heterocycles. The normalized spacial score (nSPS) is 12.6. The van der Waals surface area contributed by atoms with E-state index in [2.05, 4.69) is 43.5 Å². The molecule has 0 saturated carbocycles. The molecule has 0 heterocycles. The zero-order valence-corrected chi connectivity index (χ0v) is 56.5. The van der Waals surface area contributed by atoms with E-state index in [0.29, 0.717) is 25.9 Å². The molecule has 0 aliphatic carbocycles. The highest BCUT2D eigenvalue weighted by atomic mass is 16.5. The van der Waals surface area contributed by atoms with Gasteiger partial charge < -0.3 is 20.3 Å². The van der Waals surface area contributed by atoms with Gasteiger partial charge in [0.1, 0.15) is 0 Å². The fourth-order valence-electron chi connectivity index (χ4n) is 12.2. The minimum atomic E-state index is -0.664. The van der Waals surface area contributed by atoms with Crippen LogP contribution in [0.25, 0.3) is 0 Å². The van der Waals surface area contributed by atoms with Crippen LogP contribution in [-0.2, 0) is 14.3 Å². The molecule has 6 heteroatoms. The highest BCUT2D eigenvalue weighted by Crippen LogP contribution is 2.19. The second-order valence-electron chi connectivity index (χ2n) is 26.3. The Balaban J connectivity index is 3.36. The first kappa shape index (κ1) is 81.3. The van der Waals surface area contributed by atoms with E-state index in [9.17, 15) is 19.8 Å². The van der Waals surface area contributed by atoms with Crippen LogP contribution in [0.15, 0.2) is 24.3 Å². The summed E-state index contributed by atoms with van der Waals surface area (Å²) in [6, 6.07) is -0.541. The van der Waals surface area contributed by atoms with Crippen LogP contribution in [0.4, 0.5) is 0 Å². The summed E-state index contributed by atoms with van der Waals surface area (Å²) in [5.74, 6) is -0.0184. The van der Waals surface area contributed by atoms with E-state index in [1.54, 1.807) is 0 Å². The van der Waals surface area contributed by atoms with Crippen molar-refractivity contribution < 1.29 is 24.5 Å². The van der Waals surface area contributed by atoms with Gasteiger partial charge in [-0.05, 0) is 77.0 Å². The van der Waals surface area contributed by atoms with Crippen molar-refractivity contribution in [1.29, 1.82) is 0 Å². The summed E-state index contributed by atoms with van der Waals surface area (Å²) in [5, 5.41) is 23.4. The molecule has 6 nitrogen and oxygen atoms in total. The second kappa shape index (κ2) is 72.8. The molecule has 0 aliphatic heterocycles. The van der Waals surface area contributed by atoms with E-state index in [4.69, 9.17) is 4.74 Å². The zero-order chi connectivity index (χ0) is 59.9. The van der Waals surface area contributed by atoms with Crippen molar-refractivity contribution in [3.8, 4) is 0 Å². The monoisotopic (exact) mass is 1170 g/mol. The molecule has 83 heavy (non-hydrogen) atoms. The SMILES string of the molecule is CCCCCCCC/C=C\CCCCCCCC(=O)OCCCCCCCCCCCCCC/C=C\CCCCCCCCCCCCCCCCC(=O)NC(CO)C(O)CCCCCCCCCCCCCCCCCCCCCCC. The molecule has 492 valence electrons. The molecule has 0 spiro atoms. The van der Waals surface area contributed by atoms with Crippen LogP contribution in [0.5, 0.6) is 0 Å². The number of nitrogens with one attached hydrogen (secondary N) is 1. The van der Waals surface area contributed by atoms with Crippen LogP contribution in [-0.4, -0.2) is 47.4 Å². The van der Waals surface area contributed by atoms with Gasteiger partial charge in [0.25, 0.3) is 0 Å². The fourth-order valence-corrected chi connectivity index (χ4v) is 12.2. The summed E-state index contributed by atoms with van der Waals surface area (Å²) in [7, 11) is 0. The number of allylic oxidation sites excluding steroid dienone is 4. The quantitative estimate of drug-likeness (QED) is 0.0320. The third kappa shape index (κ3) is 69.3. The van der Waals surface area contributed by atoms with Crippen LogP contribution in [0.2, 0.25) is 0 Å². The predicted octanol–water partition coefficient (Wildman–Crippen LogP) is 24.9. The van der Waals surface area contributed by atoms with Crippen LogP contribution in [0, 0.1) is 0 Å². The lowest BCUT2D eigenvalue weighted by Crippen LogP contribution is -2.45. The number of aliphatic hydroxyl groups is 2. The molecule has 0 radical (unpaired) electrons. The second-order valence-corrected chi connectivity index (χ2v) is 26.3. The van der Waals surface area contributed by atoms with Crippen molar-refractivity contribution in [3.05, 3.63) is 24.3 Å². The minimum absolute atomic E-state index is 0.0101.